The Labute approximate surface area is 259 Å². The number of ether oxygens (including phenoxy) is 1. The van der Waals surface area contributed by atoms with Gasteiger partial charge in [0.15, 0.2) is 6.61 Å². The second-order valence-electron chi connectivity index (χ2n) is 9.84. The molecule has 15 heteroatoms. The van der Waals surface area contributed by atoms with E-state index in [4.69, 9.17) is 16.3 Å². The number of carbonyl (C=O) groups is 3. The summed E-state index contributed by atoms with van der Waals surface area (Å²) < 4.78 is 58.6. The lowest BCUT2D eigenvalue weighted by molar-refractivity contribution is -0.137. The van der Waals surface area contributed by atoms with E-state index in [0.29, 0.717) is 15.5 Å². The number of thiazole rings is 1. The summed E-state index contributed by atoms with van der Waals surface area (Å²) in [6.07, 6.45) is -4.60. The predicted molar refractivity (Wildman–Crippen MR) is 156 cm³/mol. The van der Waals surface area contributed by atoms with Crippen LogP contribution in [0.15, 0.2) is 76.6 Å². The molecule has 0 aliphatic carbocycles. The predicted octanol–water partition coefficient (Wildman–Crippen LogP) is 6.06. The van der Waals surface area contributed by atoms with E-state index >= 15 is 0 Å². The fraction of sp³-hybridized carbons (Fsp3) is 0.172. The number of hydrogen-bond donors (Lipinski definition) is 2. The van der Waals surface area contributed by atoms with Crippen molar-refractivity contribution in [2.24, 2.45) is 5.92 Å². The van der Waals surface area contributed by atoms with Crippen molar-refractivity contribution < 1.29 is 36.7 Å². The maximum absolute atomic E-state index is 13.9. The maximum atomic E-state index is 13.9. The van der Waals surface area contributed by atoms with Gasteiger partial charge >= 0.3 is 11.0 Å². The lowest BCUT2D eigenvalue weighted by atomic mass is 9.82. The monoisotopic (exact) mass is 663 g/mol. The molecule has 2 aliphatic heterocycles. The van der Waals surface area contributed by atoms with Crippen LogP contribution < -0.4 is 19.8 Å². The van der Waals surface area contributed by atoms with E-state index in [1.54, 1.807) is 0 Å². The molecule has 1 saturated heterocycles. The highest BCUT2D eigenvalue weighted by atomic mass is 35.5. The average Bonchev–Trinajstić information content (AvgIpc) is 3.46. The van der Waals surface area contributed by atoms with Crippen molar-refractivity contribution in [1.29, 1.82) is 0 Å². The fourth-order valence-electron chi connectivity index (χ4n) is 5.20. The highest BCUT2D eigenvalue weighted by Crippen LogP contribution is 2.54. The summed E-state index contributed by atoms with van der Waals surface area (Å²) in [5, 5.41) is 2.04. The van der Waals surface area contributed by atoms with Crippen molar-refractivity contribution in [1.82, 2.24) is 4.98 Å². The standard InChI is InChI=1S/C29H18ClF4N3O5S2/c30-14-4-9-19(42-12-20(38)35-16-3-1-2-13(10-16)29(32,33)34)18(11-14)21-22-24(43-25-23(21)44-28(41)36-25)27(40)37(26(22)39)17-7-5-15(31)6-8-17/h1-11,21-22,24H,12H2,(H,35,38)(H,36,41)/t21-,22-,24+/m0/s1. The highest BCUT2D eigenvalue weighted by molar-refractivity contribution is 8.00. The van der Waals surface area contributed by atoms with Gasteiger partial charge in [-0.1, -0.05) is 40.8 Å². The van der Waals surface area contributed by atoms with Gasteiger partial charge in [-0.05, 0) is 60.7 Å². The third-order valence-electron chi connectivity index (χ3n) is 7.05. The van der Waals surface area contributed by atoms with Gasteiger partial charge in [0.1, 0.15) is 16.8 Å². The van der Waals surface area contributed by atoms with Crippen molar-refractivity contribution >= 4 is 63.8 Å². The molecule has 0 bridgehead atoms. The van der Waals surface area contributed by atoms with E-state index in [0.717, 1.165) is 58.3 Å². The first-order valence-corrected chi connectivity index (χ1v) is 14.9. The lowest BCUT2D eigenvalue weighted by Crippen LogP contribution is -2.32. The Morgan fingerprint density at radius 2 is 1.77 bits per heavy atom. The summed E-state index contributed by atoms with van der Waals surface area (Å²) >= 11 is 8.24. The molecule has 44 heavy (non-hydrogen) atoms. The maximum Gasteiger partial charge on any atom is 0.416 e. The van der Waals surface area contributed by atoms with Crippen LogP contribution in [0.25, 0.3) is 0 Å². The van der Waals surface area contributed by atoms with E-state index in [2.05, 4.69) is 10.3 Å². The van der Waals surface area contributed by atoms with Crippen LogP contribution in [-0.2, 0) is 20.6 Å². The zero-order valence-corrected chi connectivity index (χ0v) is 24.4. The first-order chi connectivity index (χ1) is 20.9. The SMILES string of the molecule is O=C(COc1ccc(Cl)cc1[C@@H]1c2sc(=O)[nH]c2S[C@H]2C(=O)N(c3ccc(F)cc3)C(=O)[C@@H]12)Nc1cccc(C(F)(F)F)c1. The number of thioether (sulfide) groups is 1. The number of aromatic amines is 1. The van der Waals surface area contributed by atoms with Crippen LogP contribution in [0.1, 0.15) is 21.9 Å². The number of anilines is 2. The molecule has 6 rings (SSSR count). The highest BCUT2D eigenvalue weighted by Gasteiger charge is 2.57. The summed E-state index contributed by atoms with van der Waals surface area (Å²) in [7, 11) is 0. The first kappa shape index (κ1) is 29.9. The minimum atomic E-state index is -4.60. The summed E-state index contributed by atoms with van der Waals surface area (Å²) in [4.78, 5) is 56.3. The Hall–Kier alpha value is -4.14. The van der Waals surface area contributed by atoms with Crippen molar-refractivity contribution in [2.75, 3.05) is 16.8 Å². The van der Waals surface area contributed by atoms with Crippen molar-refractivity contribution in [3.63, 3.8) is 0 Å². The number of nitrogens with one attached hydrogen (secondary N) is 2. The molecular formula is C29H18ClF4N3O5S2. The molecule has 0 saturated carbocycles. The molecule has 1 fully saturated rings. The summed E-state index contributed by atoms with van der Waals surface area (Å²) in [6, 6.07) is 13.4. The molecule has 0 spiro atoms. The Morgan fingerprint density at radius 1 is 1.02 bits per heavy atom. The Kier molecular flexibility index (Phi) is 7.76. The lowest BCUT2D eigenvalue weighted by Gasteiger charge is -2.31. The summed E-state index contributed by atoms with van der Waals surface area (Å²) in [5.41, 5.74) is -0.526. The van der Waals surface area contributed by atoms with Crippen LogP contribution in [0.3, 0.4) is 0 Å². The van der Waals surface area contributed by atoms with Gasteiger partial charge in [-0.25, -0.2) is 9.29 Å². The smallest absolute Gasteiger partial charge is 0.416 e. The van der Waals surface area contributed by atoms with E-state index in [-0.39, 0.29) is 22.1 Å². The normalized spacial score (nSPS) is 19.5. The minimum Gasteiger partial charge on any atom is -0.483 e. The molecule has 2 N–H and O–H groups in total. The first-order valence-electron chi connectivity index (χ1n) is 12.8. The molecule has 3 atom stereocenters. The molecule has 3 amide bonds. The second-order valence-corrected chi connectivity index (χ2v) is 12.4. The second kappa shape index (κ2) is 11.4. The zero-order chi connectivity index (χ0) is 31.3. The van der Waals surface area contributed by atoms with Gasteiger partial charge in [-0.2, -0.15) is 13.2 Å². The quantitative estimate of drug-likeness (QED) is 0.192. The van der Waals surface area contributed by atoms with E-state index in [1.807, 2.05) is 0 Å². The molecule has 226 valence electrons. The summed E-state index contributed by atoms with van der Waals surface area (Å²) in [5.74, 6) is -4.25. The number of H-pyrrole nitrogens is 1. The Morgan fingerprint density at radius 3 is 2.50 bits per heavy atom. The zero-order valence-electron chi connectivity index (χ0n) is 22.0. The van der Waals surface area contributed by atoms with Gasteiger partial charge in [-0.15, -0.1) is 0 Å². The number of hydrogen-bond acceptors (Lipinski definition) is 7. The molecule has 3 heterocycles. The van der Waals surface area contributed by atoms with Crippen LogP contribution >= 0.6 is 34.7 Å². The Balaban J connectivity index is 1.33. The molecule has 2 aliphatic rings. The third-order valence-corrected chi connectivity index (χ3v) is 9.68. The van der Waals surface area contributed by atoms with Crippen LogP contribution in [0.2, 0.25) is 5.02 Å². The number of rotatable bonds is 6. The van der Waals surface area contributed by atoms with Gasteiger partial charge in [0.05, 0.1) is 22.2 Å². The van der Waals surface area contributed by atoms with Crippen molar-refractivity contribution in [2.45, 2.75) is 22.4 Å². The molecule has 8 nitrogen and oxygen atoms in total. The van der Waals surface area contributed by atoms with Crippen LogP contribution in [-0.4, -0.2) is 34.6 Å². The van der Waals surface area contributed by atoms with Gasteiger partial charge in [0.2, 0.25) is 11.8 Å². The molecule has 0 unspecified atom stereocenters. The van der Waals surface area contributed by atoms with E-state index < -0.39 is 63.8 Å². The van der Waals surface area contributed by atoms with E-state index in [9.17, 15) is 36.7 Å². The largest absolute Gasteiger partial charge is 0.483 e. The molecule has 1 aromatic heterocycles. The number of aromatic nitrogens is 1. The molecule has 0 radical (unpaired) electrons. The van der Waals surface area contributed by atoms with Crippen LogP contribution in [0.5, 0.6) is 5.75 Å². The molecule has 3 aromatic carbocycles. The average molecular weight is 664 g/mol. The number of amides is 3. The van der Waals surface area contributed by atoms with Crippen molar-refractivity contribution in [3.8, 4) is 5.75 Å². The Bertz CT molecular complexity index is 1860. The van der Waals surface area contributed by atoms with Crippen LogP contribution in [0.4, 0.5) is 28.9 Å². The number of benzene rings is 3. The number of carbonyl (C=O) groups excluding carboxylic acids is 3. The van der Waals surface area contributed by atoms with Crippen molar-refractivity contribution in [3.05, 3.63) is 103 Å². The topological polar surface area (TPSA) is 109 Å². The van der Waals surface area contributed by atoms with Gasteiger partial charge in [0.25, 0.3) is 5.91 Å². The van der Waals surface area contributed by atoms with E-state index in [1.165, 1.54) is 36.4 Å². The fourth-order valence-corrected chi connectivity index (χ4v) is 7.89. The van der Waals surface area contributed by atoms with Crippen LogP contribution in [0, 0.1) is 11.7 Å². The number of fused-ring (bicyclic) bond motifs is 2. The van der Waals surface area contributed by atoms with Gasteiger partial charge in [-0.3, -0.25) is 19.2 Å². The molecular weight excluding hydrogens is 646 g/mol. The number of nitrogens with zero attached hydrogens (tertiary/aromatic N) is 1. The third kappa shape index (κ3) is 5.60. The van der Waals surface area contributed by atoms with Gasteiger partial charge < -0.3 is 15.0 Å². The molecule has 4 aromatic rings. The minimum absolute atomic E-state index is 0.0883. The summed E-state index contributed by atoms with van der Waals surface area (Å²) in [6.45, 7) is -0.620. The van der Waals surface area contributed by atoms with Gasteiger partial charge in [0, 0.05) is 27.1 Å². The number of alkyl halides is 3. The number of imide groups is 1. The number of halogens is 5.